The van der Waals surface area contributed by atoms with Crippen LogP contribution in [0.3, 0.4) is 0 Å². The van der Waals surface area contributed by atoms with Gasteiger partial charge in [0.15, 0.2) is 0 Å². The van der Waals surface area contributed by atoms with Crippen LogP contribution in [0.15, 0.2) is 0 Å². The molecular weight excluding hydrogens is 314 g/mol. The zero-order valence-corrected chi connectivity index (χ0v) is 15.4. The molecule has 2 heterocycles. The van der Waals surface area contributed by atoms with E-state index < -0.39 is 0 Å². The third-order valence-corrected chi connectivity index (χ3v) is 6.65. The molecule has 2 saturated carbocycles. The molecular formula is C20H33N3O2. The Morgan fingerprint density at radius 3 is 2.32 bits per heavy atom. The van der Waals surface area contributed by atoms with Gasteiger partial charge in [-0.2, -0.15) is 0 Å². The highest BCUT2D eigenvalue weighted by molar-refractivity contribution is 5.84. The number of amides is 2. The quantitative estimate of drug-likeness (QED) is 0.849. The van der Waals surface area contributed by atoms with Gasteiger partial charge in [-0.3, -0.25) is 14.5 Å². The Balaban J connectivity index is 1.32. The first-order chi connectivity index (χ1) is 12.2. The van der Waals surface area contributed by atoms with Crippen LogP contribution in [0.25, 0.3) is 0 Å². The highest BCUT2D eigenvalue weighted by atomic mass is 16.2. The van der Waals surface area contributed by atoms with E-state index in [-0.39, 0.29) is 17.9 Å². The van der Waals surface area contributed by atoms with Gasteiger partial charge < -0.3 is 10.2 Å². The van der Waals surface area contributed by atoms with Gasteiger partial charge >= 0.3 is 0 Å². The molecule has 2 atom stereocenters. The summed E-state index contributed by atoms with van der Waals surface area (Å²) >= 11 is 0. The van der Waals surface area contributed by atoms with Crippen molar-refractivity contribution < 1.29 is 9.59 Å². The Kier molecular flexibility index (Phi) is 5.30. The Labute approximate surface area is 151 Å². The SMILES string of the molecule is O=C(NC1CCCCC1)[C@@H]1CCCN(C(=O)[C@H]2CCCN2C2CC2)C1. The molecule has 2 amide bonds. The summed E-state index contributed by atoms with van der Waals surface area (Å²) in [5.74, 6) is 0.477. The Morgan fingerprint density at radius 1 is 0.800 bits per heavy atom. The molecule has 140 valence electrons. The van der Waals surface area contributed by atoms with Crippen LogP contribution in [0, 0.1) is 5.92 Å². The van der Waals surface area contributed by atoms with E-state index in [9.17, 15) is 9.59 Å². The van der Waals surface area contributed by atoms with Gasteiger partial charge in [0.2, 0.25) is 11.8 Å². The van der Waals surface area contributed by atoms with Crippen LogP contribution in [0.2, 0.25) is 0 Å². The summed E-state index contributed by atoms with van der Waals surface area (Å²) in [6.07, 6.45) is 12.6. The molecule has 0 aromatic rings. The summed E-state index contributed by atoms with van der Waals surface area (Å²) in [5.41, 5.74) is 0. The second kappa shape index (κ2) is 7.65. The molecule has 0 unspecified atom stereocenters. The standard InChI is InChI=1S/C20H33N3O2/c24-19(21-16-7-2-1-3-8-16)15-6-4-12-22(14-15)20(25)18-9-5-13-23(18)17-10-11-17/h15-18H,1-14H2,(H,21,24)/t15-,18-/m1/s1. The maximum absolute atomic E-state index is 13.1. The number of nitrogens with zero attached hydrogens (tertiary/aromatic N) is 2. The summed E-state index contributed by atoms with van der Waals surface area (Å²) in [6, 6.07) is 1.12. The zero-order chi connectivity index (χ0) is 17.2. The van der Waals surface area contributed by atoms with Gasteiger partial charge in [0.1, 0.15) is 0 Å². The van der Waals surface area contributed by atoms with Crippen molar-refractivity contribution in [2.75, 3.05) is 19.6 Å². The summed E-state index contributed by atoms with van der Waals surface area (Å²) in [5, 5.41) is 3.27. The van der Waals surface area contributed by atoms with Crippen LogP contribution in [0.5, 0.6) is 0 Å². The molecule has 0 aromatic carbocycles. The second-order valence-corrected chi connectivity index (χ2v) is 8.59. The van der Waals surface area contributed by atoms with E-state index >= 15 is 0 Å². The lowest BCUT2D eigenvalue weighted by Gasteiger charge is -2.36. The average molecular weight is 348 g/mol. The van der Waals surface area contributed by atoms with Crippen molar-refractivity contribution in [3.05, 3.63) is 0 Å². The zero-order valence-electron chi connectivity index (χ0n) is 15.4. The molecule has 2 saturated heterocycles. The van der Waals surface area contributed by atoms with Crippen molar-refractivity contribution in [1.82, 2.24) is 15.1 Å². The maximum Gasteiger partial charge on any atom is 0.239 e. The predicted molar refractivity (Wildman–Crippen MR) is 97.1 cm³/mol. The van der Waals surface area contributed by atoms with Crippen LogP contribution >= 0.6 is 0 Å². The monoisotopic (exact) mass is 347 g/mol. The van der Waals surface area contributed by atoms with Crippen LogP contribution in [0.4, 0.5) is 0 Å². The van der Waals surface area contributed by atoms with Gasteiger partial charge in [-0.25, -0.2) is 0 Å². The lowest BCUT2D eigenvalue weighted by Crippen LogP contribution is -2.52. The number of carbonyl (C=O) groups excluding carboxylic acids is 2. The normalized spacial score (nSPS) is 31.9. The topological polar surface area (TPSA) is 52.7 Å². The summed E-state index contributed by atoms with van der Waals surface area (Å²) in [6.45, 7) is 2.55. The summed E-state index contributed by atoms with van der Waals surface area (Å²) in [7, 11) is 0. The molecule has 0 radical (unpaired) electrons. The third-order valence-electron chi connectivity index (χ3n) is 6.65. The molecule has 4 rings (SSSR count). The summed E-state index contributed by atoms with van der Waals surface area (Å²) in [4.78, 5) is 30.2. The summed E-state index contributed by atoms with van der Waals surface area (Å²) < 4.78 is 0. The van der Waals surface area contributed by atoms with Gasteiger partial charge in [-0.15, -0.1) is 0 Å². The van der Waals surface area contributed by atoms with Crippen LogP contribution in [-0.2, 0) is 9.59 Å². The molecule has 5 heteroatoms. The fourth-order valence-electron chi connectivity index (χ4n) is 5.07. The van der Waals surface area contributed by atoms with Crippen molar-refractivity contribution in [3.63, 3.8) is 0 Å². The first-order valence-electron chi connectivity index (χ1n) is 10.6. The fraction of sp³-hybridized carbons (Fsp3) is 0.900. The van der Waals surface area contributed by atoms with Crippen molar-refractivity contribution >= 4 is 11.8 Å². The first kappa shape index (κ1) is 17.3. The highest BCUT2D eigenvalue weighted by Gasteiger charge is 2.42. The minimum absolute atomic E-state index is 0.00426. The lowest BCUT2D eigenvalue weighted by molar-refractivity contribution is -0.140. The van der Waals surface area contributed by atoms with E-state index in [0.717, 1.165) is 51.6 Å². The number of hydrogen-bond acceptors (Lipinski definition) is 3. The molecule has 4 aliphatic rings. The molecule has 5 nitrogen and oxygen atoms in total. The van der Waals surface area contributed by atoms with E-state index in [4.69, 9.17) is 0 Å². The predicted octanol–water partition coefficient (Wildman–Crippen LogP) is 2.30. The molecule has 0 aromatic heterocycles. The largest absolute Gasteiger partial charge is 0.353 e. The Hall–Kier alpha value is -1.10. The number of nitrogens with one attached hydrogen (secondary N) is 1. The lowest BCUT2D eigenvalue weighted by atomic mass is 9.92. The number of likely N-dealkylation sites (tertiary alicyclic amines) is 2. The molecule has 1 N–H and O–H groups in total. The van der Waals surface area contributed by atoms with Crippen molar-refractivity contribution in [3.8, 4) is 0 Å². The molecule has 0 bridgehead atoms. The molecule has 25 heavy (non-hydrogen) atoms. The van der Waals surface area contributed by atoms with Crippen LogP contribution in [0.1, 0.15) is 70.6 Å². The maximum atomic E-state index is 13.1. The minimum atomic E-state index is -0.00426. The van der Waals surface area contributed by atoms with Crippen LogP contribution < -0.4 is 5.32 Å². The van der Waals surface area contributed by atoms with E-state index in [1.165, 1.54) is 32.1 Å². The van der Waals surface area contributed by atoms with Crippen LogP contribution in [-0.4, -0.2) is 59.4 Å². The molecule has 2 aliphatic heterocycles. The Morgan fingerprint density at radius 2 is 1.56 bits per heavy atom. The minimum Gasteiger partial charge on any atom is -0.353 e. The Bertz CT molecular complexity index is 499. The first-order valence-corrected chi connectivity index (χ1v) is 10.6. The van der Waals surface area contributed by atoms with Gasteiger partial charge in [-0.1, -0.05) is 19.3 Å². The van der Waals surface area contributed by atoms with Crippen molar-refractivity contribution in [2.45, 2.75) is 88.8 Å². The van der Waals surface area contributed by atoms with E-state index in [0.29, 0.717) is 24.5 Å². The van der Waals surface area contributed by atoms with Gasteiger partial charge in [-0.05, 0) is 57.9 Å². The second-order valence-electron chi connectivity index (χ2n) is 8.59. The molecule has 2 aliphatic carbocycles. The average Bonchev–Trinajstić information content (AvgIpc) is 3.38. The highest BCUT2D eigenvalue weighted by Crippen LogP contribution is 2.34. The van der Waals surface area contributed by atoms with E-state index in [2.05, 4.69) is 10.2 Å². The number of hydrogen-bond donors (Lipinski definition) is 1. The van der Waals surface area contributed by atoms with Gasteiger partial charge in [0, 0.05) is 25.2 Å². The number of piperidine rings is 1. The molecule has 4 fully saturated rings. The van der Waals surface area contributed by atoms with E-state index in [1.54, 1.807) is 0 Å². The number of carbonyl (C=O) groups is 2. The van der Waals surface area contributed by atoms with Gasteiger partial charge in [0.05, 0.1) is 12.0 Å². The van der Waals surface area contributed by atoms with Crippen molar-refractivity contribution in [2.24, 2.45) is 5.92 Å². The van der Waals surface area contributed by atoms with Gasteiger partial charge in [0.25, 0.3) is 0 Å². The molecule has 0 spiro atoms. The number of rotatable bonds is 4. The smallest absolute Gasteiger partial charge is 0.239 e. The van der Waals surface area contributed by atoms with E-state index in [1.807, 2.05) is 4.90 Å². The van der Waals surface area contributed by atoms with Crippen molar-refractivity contribution in [1.29, 1.82) is 0 Å². The fourth-order valence-corrected chi connectivity index (χ4v) is 5.07. The third kappa shape index (κ3) is 4.02.